The van der Waals surface area contributed by atoms with Crippen molar-refractivity contribution < 1.29 is 0 Å². The molecule has 0 atom stereocenters. The van der Waals surface area contributed by atoms with Crippen molar-refractivity contribution in [2.24, 2.45) is 0 Å². The molecule has 1 aromatic heterocycles. The lowest BCUT2D eigenvalue weighted by Crippen LogP contribution is -1.97. The third-order valence-corrected chi connectivity index (χ3v) is 3.83. The maximum absolute atomic E-state index is 9.18. The molecule has 0 unspecified atom stereocenters. The molecule has 4 aromatic rings. The Labute approximate surface area is 134 Å². The molecule has 0 spiro atoms. The summed E-state index contributed by atoms with van der Waals surface area (Å²) in [5, 5.41) is 9.18. The number of aromatic nitrogens is 2. The van der Waals surface area contributed by atoms with Crippen molar-refractivity contribution in [3.05, 3.63) is 84.4 Å². The third kappa shape index (κ3) is 2.27. The molecule has 108 valence electrons. The molecule has 0 aliphatic heterocycles. The summed E-state index contributed by atoms with van der Waals surface area (Å²) in [6, 6.07) is 27.9. The van der Waals surface area contributed by atoms with Gasteiger partial charge in [-0.3, -0.25) is 4.57 Å². The zero-order chi connectivity index (χ0) is 15.6. The standard InChI is InChI=1S/C20H13N3/c21-14-15-7-6-10-17(13-15)23-19-12-5-4-11-18(19)22-20(23)16-8-2-1-3-9-16/h1-13H. The van der Waals surface area contributed by atoms with Gasteiger partial charge >= 0.3 is 0 Å². The summed E-state index contributed by atoms with van der Waals surface area (Å²) in [5.41, 5.74) is 4.59. The van der Waals surface area contributed by atoms with E-state index >= 15 is 0 Å². The number of nitrogens with zero attached hydrogens (tertiary/aromatic N) is 3. The molecule has 0 fully saturated rings. The predicted octanol–water partition coefficient (Wildman–Crippen LogP) is 4.56. The van der Waals surface area contributed by atoms with E-state index in [1.165, 1.54) is 0 Å². The molecule has 4 rings (SSSR count). The van der Waals surface area contributed by atoms with Gasteiger partial charge in [-0.1, -0.05) is 48.5 Å². The summed E-state index contributed by atoms with van der Waals surface area (Å²) in [6.45, 7) is 0. The maximum atomic E-state index is 9.18. The van der Waals surface area contributed by atoms with Crippen molar-refractivity contribution in [1.82, 2.24) is 9.55 Å². The predicted molar refractivity (Wildman–Crippen MR) is 91.2 cm³/mol. The summed E-state index contributed by atoms with van der Waals surface area (Å²) >= 11 is 0. The molecule has 0 aliphatic carbocycles. The molecule has 0 radical (unpaired) electrons. The second-order valence-corrected chi connectivity index (χ2v) is 5.29. The molecule has 3 nitrogen and oxygen atoms in total. The van der Waals surface area contributed by atoms with Gasteiger partial charge in [0.1, 0.15) is 5.82 Å². The average Bonchev–Trinajstić information content (AvgIpc) is 3.02. The highest BCUT2D eigenvalue weighted by molar-refractivity contribution is 5.83. The molecule has 3 aromatic carbocycles. The molecule has 3 heteroatoms. The van der Waals surface area contributed by atoms with Crippen molar-refractivity contribution in [3.63, 3.8) is 0 Å². The lowest BCUT2D eigenvalue weighted by molar-refractivity contribution is 1.10. The molecule has 0 saturated carbocycles. The topological polar surface area (TPSA) is 41.6 Å². The van der Waals surface area contributed by atoms with Crippen LogP contribution in [0.5, 0.6) is 0 Å². The van der Waals surface area contributed by atoms with E-state index in [0.29, 0.717) is 5.56 Å². The summed E-state index contributed by atoms with van der Waals surface area (Å²) in [4.78, 5) is 4.79. The van der Waals surface area contributed by atoms with E-state index in [0.717, 1.165) is 28.1 Å². The highest BCUT2D eigenvalue weighted by atomic mass is 15.1. The summed E-state index contributed by atoms with van der Waals surface area (Å²) in [5.74, 6) is 0.877. The first-order valence-corrected chi connectivity index (χ1v) is 7.40. The Hall–Kier alpha value is -3.38. The number of hydrogen-bond donors (Lipinski definition) is 0. The second-order valence-electron chi connectivity index (χ2n) is 5.29. The van der Waals surface area contributed by atoms with Crippen LogP contribution in [0.1, 0.15) is 5.56 Å². The van der Waals surface area contributed by atoms with Crippen LogP contribution in [-0.4, -0.2) is 9.55 Å². The highest BCUT2D eigenvalue weighted by Crippen LogP contribution is 2.28. The van der Waals surface area contributed by atoms with Crippen molar-refractivity contribution in [2.75, 3.05) is 0 Å². The van der Waals surface area contributed by atoms with Gasteiger partial charge in [0.15, 0.2) is 0 Å². The van der Waals surface area contributed by atoms with Gasteiger partial charge < -0.3 is 0 Å². The summed E-state index contributed by atoms with van der Waals surface area (Å²) in [7, 11) is 0. The van der Waals surface area contributed by atoms with Gasteiger partial charge in [-0.15, -0.1) is 0 Å². The van der Waals surface area contributed by atoms with Gasteiger partial charge in [0.2, 0.25) is 0 Å². The molecule has 1 heterocycles. The van der Waals surface area contributed by atoms with Gasteiger partial charge in [-0.25, -0.2) is 4.98 Å². The SMILES string of the molecule is N#Cc1cccc(-n2c(-c3ccccc3)nc3ccccc32)c1. The van der Waals surface area contributed by atoms with E-state index in [1.807, 2.05) is 78.9 Å². The first-order chi connectivity index (χ1) is 11.4. The van der Waals surface area contributed by atoms with Crippen LogP contribution in [-0.2, 0) is 0 Å². The number of nitriles is 1. The van der Waals surface area contributed by atoms with Crippen LogP contribution in [0, 0.1) is 11.3 Å². The van der Waals surface area contributed by atoms with Crippen LogP contribution in [0.25, 0.3) is 28.1 Å². The van der Waals surface area contributed by atoms with Crippen LogP contribution < -0.4 is 0 Å². The van der Waals surface area contributed by atoms with Crippen molar-refractivity contribution in [3.8, 4) is 23.1 Å². The minimum Gasteiger partial charge on any atom is -0.292 e. The Balaban J connectivity index is 2.06. The van der Waals surface area contributed by atoms with E-state index in [-0.39, 0.29) is 0 Å². The molecule has 0 bridgehead atoms. The zero-order valence-corrected chi connectivity index (χ0v) is 12.3. The lowest BCUT2D eigenvalue weighted by Gasteiger charge is -2.09. The van der Waals surface area contributed by atoms with Crippen LogP contribution >= 0.6 is 0 Å². The molecule has 0 amide bonds. The Morgan fingerprint density at radius 3 is 2.43 bits per heavy atom. The van der Waals surface area contributed by atoms with E-state index < -0.39 is 0 Å². The Bertz CT molecular complexity index is 1020. The van der Waals surface area contributed by atoms with E-state index in [1.54, 1.807) is 0 Å². The number of para-hydroxylation sites is 2. The Morgan fingerprint density at radius 1 is 0.826 bits per heavy atom. The van der Waals surface area contributed by atoms with Gasteiger partial charge in [0.25, 0.3) is 0 Å². The monoisotopic (exact) mass is 295 g/mol. The molecular formula is C20H13N3. The van der Waals surface area contributed by atoms with E-state index in [2.05, 4.69) is 10.6 Å². The van der Waals surface area contributed by atoms with Crippen LogP contribution in [0.15, 0.2) is 78.9 Å². The number of imidazole rings is 1. The molecule has 0 aliphatic rings. The van der Waals surface area contributed by atoms with Crippen LogP contribution in [0.3, 0.4) is 0 Å². The molecule has 0 N–H and O–H groups in total. The quantitative estimate of drug-likeness (QED) is 0.544. The minimum atomic E-state index is 0.638. The van der Waals surface area contributed by atoms with Crippen molar-refractivity contribution in [2.45, 2.75) is 0 Å². The van der Waals surface area contributed by atoms with E-state index in [9.17, 15) is 5.26 Å². The first kappa shape index (κ1) is 13.3. The third-order valence-electron chi connectivity index (χ3n) is 3.83. The van der Waals surface area contributed by atoms with Crippen LogP contribution in [0.4, 0.5) is 0 Å². The maximum Gasteiger partial charge on any atom is 0.145 e. The Kier molecular flexibility index (Phi) is 3.14. The van der Waals surface area contributed by atoms with Crippen molar-refractivity contribution in [1.29, 1.82) is 5.26 Å². The number of benzene rings is 3. The normalized spacial score (nSPS) is 10.6. The average molecular weight is 295 g/mol. The first-order valence-electron chi connectivity index (χ1n) is 7.40. The van der Waals surface area contributed by atoms with Gasteiger partial charge in [0.05, 0.1) is 22.7 Å². The summed E-state index contributed by atoms with van der Waals surface area (Å²) < 4.78 is 2.10. The number of fused-ring (bicyclic) bond motifs is 1. The van der Waals surface area contributed by atoms with Crippen molar-refractivity contribution >= 4 is 11.0 Å². The highest BCUT2D eigenvalue weighted by Gasteiger charge is 2.13. The fraction of sp³-hybridized carbons (Fsp3) is 0. The van der Waals surface area contributed by atoms with Gasteiger partial charge in [0, 0.05) is 11.3 Å². The number of hydrogen-bond acceptors (Lipinski definition) is 2. The fourth-order valence-corrected chi connectivity index (χ4v) is 2.78. The molecular weight excluding hydrogens is 282 g/mol. The summed E-state index contributed by atoms with van der Waals surface area (Å²) in [6.07, 6.45) is 0. The number of rotatable bonds is 2. The largest absolute Gasteiger partial charge is 0.292 e. The Morgan fingerprint density at radius 2 is 1.61 bits per heavy atom. The smallest absolute Gasteiger partial charge is 0.145 e. The zero-order valence-electron chi connectivity index (χ0n) is 12.3. The minimum absolute atomic E-state index is 0.638. The van der Waals surface area contributed by atoms with Crippen LogP contribution in [0.2, 0.25) is 0 Å². The van der Waals surface area contributed by atoms with Gasteiger partial charge in [-0.2, -0.15) is 5.26 Å². The van der Waals surface area contributed by atoms with E-state index in [4.69, 9.17) is 4.98 Å². The lowest BCUT2D eigenvalue weighted by atomic mass is 10.2. The second kappa shape index (κ2) is 5.43. The van der Waals surface area contributed by atoms with Gasteiger partial charge in [-0.05, 0) is 30.3 Å². The molecule has 23 heavy (non-hydrogen) atoms. The molecule has 0 saturated heterocycles. The fourth-order valence-electron chi connectivity index (χ4n) is 2.78.